The maximum Gasteiger partial charge on any atom is 0.419 e. The summed E-state index contributed by atoms with van der Waals surface area (Å²) in [6, 6.07) is 0.715. The van der Waals surface area contributed by atoms with Crippen molar-refractivity contribution < 1.29 is 27.5 Å². The molecule has 0 atom stereocenters. The summed E-state index contributed by atoms with van der Waals surface area (Å²) in [5, 5.41) is 9.98. The second kappa shape index (κ2) is 3.87. The normalized spacial score (nSPS) is 11.2. The Morgan fingerprint density at radius 1 is 1.38 bits per heavy atom. The summed E-state index contributed by atoms with van der Waals surface area (Å²) in [5.41, 5.74) is 2.67. The SMILES string of the molecule is Nc1cc(C(F)(F)F)c(F)cc1NC(=O)O. The first-order valence-corrected chi connectivity index (χ1v) is 3.88. The summed E-state index contributed by atoms with van der Waals surface area (Å²) in [6.07, 6.45) is -6.43. The van der Waals surface area contributed by atoms with E-state index in [0.717, 1.165) is 0 Å². The minimum atomic E-state index is -4.88. The Balaban J connectivity index is 3.22. The van der Waals surface area contributed by atoms with Crippen molar-refractivity contribution in [2.24, 2.45) is 0 Å². The van der Waals surface area contributed by atoms with Crippen molar-refractivity contribution in [2.45, 2.75) is 6.18 Å². The van der Waals surface area contributed by atoms with Gasteiger partial charge in [-0.1, -0.05) is 0 Å². The van der Waals surface area contributed by atoms with Crippen LogP contribution in [0.3, 0.4) is 0 Å². The molecule has 0 spiro atoms. The van der Waals surface area contributed by atoms with Crippen molar-refractivity contribution in [2.75, 3.05) is 11.1 Å². The number of halogens is 4. The van der Waals surface area contributed by atoms with Gasteiger partial charge in [0.15, 0.2) is 0 Å². The van der Waals surface area contributed by atoms with Gasteiger partial charge in [-0.2, -0.15) is 13.2 Å². The summed E-state index contributed by atoms with van der Waals surface area (Å²) < 4.78 is 49.5. The standard InChI is InChI=1S/C8H6F4N2O2/c9-4-2-6(14-7(15)16)5(13)1-3(4)8(10,11)12/h1-2,14H,13H2,(H,15,16). The monoisotopic (exact) mass is 238 g/mol. The summed E-state index contributed by atoms with van der Waals surface area (Å²) in [4.78, 5) is 10.2. The molecule has 0 unspecified atom stereocenters. The van der Waals surface area contributed by atoms with Crippen LogP contribution in [0.1, 0.15) is 5.56 Å². The lowest BCUT2D eigenvalue weighted by Gasteiger charge is -2.11. The van der Waals surface area contributed by atoms with Crippen LogP contribution in [-0.4, -0.2) is 11.2 Å². The second-order valence-corrected chi connectivity index (χ2v) is 2.85. The first-order chi connectivity index (χ1) is 7.21. The number of nitrogen functional groups attached to an aromatic ring is 1. The van der Waals surface area contributed by atoms with Gasteiger partial charge in [-0.25, -0.2) is 9.18 Å². The van der Waals surface area contributed by atoms with E-state index < -0.39 is 35.0 Å². The van der Waals surface area contributed by atoms with Crippen LogP contribution >= 0.6 is 0 Å². The number of carbonyl (C=O) groups is 1. The molecule has 4 nitrogen and oxygen atoms in total. The van der Waals surface area contributed by atoms with Crippen LogP contribution in [0.5, 0.6) is 0 Å². The highest BCUT2D eigenvalue weighted by Crippen LogP contribution is 2.35. The van der Waals surface area contributed by atoms with Gasteiger partial charge >= 0.3 is 12.3 Å². The summed E-state index contributed by atoms with van der Waals surface area (Å²) in [7, 11) is 0. The number of amides is 1. The highest BCUT2D eigenvalue weighted by Gasteiger charge is 2.34. The molecule has 0 fully saturated rings. The van der Waals surface area contributed by atoms with Crippen LogP contribution in [0, 0.1) is 5.82 Å². The third-order valence-corrected chi connectivity index (χ3v) is 1.69. The molecule has 88 valence electrons. The van der Waals surface area contributed by atoms with Gasteiger partial charge < -0.3 is 10.8 Å². The molecular formula is C8H6F4N2O2. The molecule has 0 aliphatic carbocycles. The molecule has 0 aromatic heterocycles. The minimum Gasteiger partial charge on any atom is -0.465 e. The first kappa shape index (κ1) is 12.1. The van der Waals surface area contributed by atoms with Crippen LogP contribution in [-0.2, 0) is 6.18 Å². The van der Waals surface area contributed by atoms with Crippen molar-refractivity contribution in [3.63, 3.8) is 0 Å². The van der Waals surface area contributed by atoms with E-state index in [1.165, 1.54) is 0 Å². The van der Waals surface area contributed by atoms with Gasteiger partial charge in [0.05, 0.1) is 16.9 Å². The molecule has 0 bridgehead atoms. The molecule has 1 rings (SSSR count). The summed E-state index contributed by atoms with van der Waals surface area (Å²) >= 11 is 0. The number of hydrogen-bond acceptors (Lipinski definition) is 2. The molecule has 0 aliphatic rings. The Hall–Kier alpha value is -1.99. The van der Waals surface area contributed by atoms with Crippen molar-refractivity contribution in [3.05, 3.63) is 23.5 Å². The Bertz CT molecular complexity index is 431. The lowest BCUT2D eigenvalue weighted by atomic mass is 10.1. The van der Waals surface area contributed by atoms with Gasteiger partial charge in [-0.05, 0) is 6.07 Å². The molecule has 8 heteroatoms. The number of nitrogens with one attached hydrogen (secondary N) is 1. The molecule has 1 aromatic rings. The molecule has 0 saturated carbocycles. The Morgan fingerprint density at radius 2 is 1.94 bits per heavy atom. The van der Waals surface area contributed by atoms with E-state index in [1.54, 1.807) is 5.32 Å². The molecule has 0 aliphatic heterocycles. The van der Waals surface area contributed by atoms with Crippen LogP contribution in [0.2, 0.25) is 0 Å². The first-order valence-electron chi connectivity index (χ1n) is 3.88. The van der Waals surface area contributed by atoms with Crippen LogP contribution in [0.15, 0.2) is 12.1 Å². The van der Waals surface area contributed by atoms with Crippen LogP contribution in [0.4, 0.5) is 33.7 Å². The smallest absolute Gasteiger partial charge is 0.419 e. The molecule has 0 radical (unpaired) electrons. The fourth-order valence-electron chi connectivity index (χ4n) is 1.03. The topological polar surface area (TPSA) is 75.3 Å². The predicted molar refractivity (Wildman–Crippen MR) is 47.5 cm³/mol. The molecule has 16 heavy (non-hydrogen) atoms. The van der Waals surface area contributed by atoms with E-state index in [1.807, 2.05) is 0 Å². The van der Waals surface area contributed by atoms with Crippen LogP contribution < -0.4 is 11.1 Å². The van der Waals surface area contributed by atoms with Crippen molar-refractivity contribution in [1.82, 2.24) is 0 Å². The molecule has 1 amide bonds. The van der Waals surface area contributed by atoms with E-state index in [2.05, 4.69) is 0 Å². The fraction of sp³-hybridized carbons (Fsp3) is 0.125. The lowest BCUT2D eigenvalue weighted by molar-refractivity contribution is -0.139. The lowest BCUT2D eigenvalue weighted by Crippen LogP contribution is -2.13. The zero-order chi connectivity index (χ0) is 12.5. The molecule has 1 aromatic carbocycles. The molecule has 4 N–H and O–H groups in total. The third kappa shape index (κ3) is 2.53. The number of benzene rings is 1. The quantitative estimate of drug-likeness (QED) is 0.519. The van der Waals surface area contributed by atoms with Crippen molar-refractivity contribution in [3.8, 4) is 0 Å². The Morgan fingerprint density at radius 3 is 2.38 bits per heavy atom. The number of anilines is 2. The number of alkyl halides is 3. The average molecular weight is 238 g/mol. The number of nitrogens with two attached hydrogens (primary N) is 1. The van der Waals surface area contributed by atoms with Gasteiger partial charge in [0.2, 0.25) is 0 Å². The molecular weight excluding hydrogens is 232 g/mol. The second-order valence-electron chi connectivity index (χ2n) is 2.85. The van der Waals surface area contributed by atoms with Gasteiger partial charge in [0.1, 0.15) is 5.82 Å². The van der Waals surface area contributed by atoms with Crippen molar-refractivity contribution >= 4 is 17.5 Å². The Labute approximate surface area is 86.7 Å². The summed E-state index contributed by atoms with van der Waals surface area (Å²) in [5.74, 6) is -1.59. The van der Waals surface area contributed by atoms with E-state index in [4.69, 9.17) is 10.8 Å². The van der Waals surface area contributed by atoms with Gasteiger partial charge in [-0.15, -0.1) is 0 Å². The zero-order valence-corrected chi connectivity index (χ0v) is 7.60. The van der Waals surface area contributed by atoms with Gasteiger partial charge in [-0.3, -0.25) is 5.32 Å². The highest BCUT2D eigenvalue weighted by atomic mass is 19.4. The Kier molecular flexibility index (Phi) is 2.92. The molecule has 0 heterocycles. The van der Waals surface area contributed by atoms with Crippen molar-refractivity contribution in [1.29, 1.82) is 0 Å². The highest BCUT2D eigenvalue weighted by molar-refractivity contribution is 5.87. The van der Waals surface area contributed by atoms with Gasteiger partial charge in [0, 0.05) is 6.07 Å². The van der Waals surface area contributed by atoms with Crippen LogP contribution in [0.25, 0.3) is 0 Å². The van der Waals surface area contributed by atoms with E-state index in [0.29, 0.717) is 12.1 Å². The maximum atomic E-state index is 13.0. The van der Waals surface area contributed by atoms with Gasteiger partial charge in [0.25, 0.3) is 0 Å². The number of hydrogen-bond donors (Lipinski definition) is 3. The third-order valence-electron chi connectivity index (χ3n) is 1.69. The fourth-order valence-corrected chi connectivity index (χ4v) is 1.03. The zero-order valence-electron chi connectivity index (χ0n) is 7.60. The van der Waals surface area contributed by atoms with E-state index in [-0.39, 0.29) is 0 Å². The minimum absolute atomic E-state index is 0.334. The largest absolute Gasteiger partial charge is 0.465 e. The predicted octanol–water partition coefficient (Wildman–Crippen LogP) is 2.52. The number of rotatable bonds is 1. The van der Waals surface area contributed by atoms with E-state index >= 15 is 0 Å². The number of carboxylic acid groups (broad SMARTS) is 1. The van der Waals surface area contributed by atoms with E-state index in [9.17, 15) is 22.4 Å². The maximum absolute atomic E-state index is 13.0. The molecule has 0 saturated heterocycles. The average Bonchev–Trinajstić information content (AvgIpc) is 2.07. The summed E-state index contributed by atoms with van der Waals surface area (Å²) in [6.45, 7) is 0.